The molecule has 144 valence electrons. The topological polar surface area (TPSA) is 54.5 Å². The first-order chi connectivity index (χ1) is 12.9. The molecule has 5 heteroatoms. The summed E-state index contributed by atoms with van der Waals surface area (Å²) in [5.74, 6) is -0.0548. The van der Waals surface area contributed by atoms with Crippen LogP contribution in [-0.2, 0) is 16.3 Å². The van der Waals surface area contributed by atoms with Crippen molar-refractivity contribution in [2.45, 2.75) is 50.0 Å². The molecule has 1 fully saturated rings. The number of carbonyl (C=O) groups is 1. The largest absolute Gasteiger partial charge is 0.335 e. The van der Waals surface area contributed by atoms with E-state index in [2.05, 4.69) is 12.1 Å². The summed E-state index contributed by atoms with van der Waals surface area (Å²) in [6.45, 7) is 2.51. The number of rotatable bonds is 6. The maximum absolute atomic E-state index is 13.4. The number of hydrogen-bond acceptors (Lipinski definition) is 3. The molecule has 0 aromatic heterocycles. The maximum atomic E-state index is 13.4. The van der Waals surface area contributed by atoms with E-state index >= 15 is 0 Å². The van der Waals surface area contributed by atoms with Crippen LogP contribution >= 0.6 is 0 Å². The summed E-state index contributed by atoms with van der Waals surface area (Å²) in [5.41, 5.74) is 2.52. The lowest BCUT2D eigenvalue weighted by Crippen LogP contribution is -2.40. The van der Waals surface area contributed by atoms with Gasteiger partial charge in [-0.3, -0.25) is 4.79 Å². The first-order valence-electron chi connectivity index (χ1n) is 9.52. The predicted octanol–water partition coefficient (Wildman–Crippen LogP) is 4.03. The van der Waals surface area contributed by atoms with Crippen LogP contribution < -0.4 is 0 Å². The third kappa shape index (κ3) is 4.78. The number of nitrogens with zero attached hydrogens (tertiary/aromatic N) is 1. The average Bonchev–Trinajstić information content (AvgIpc) is 3.16. The molecule has 0 N–H and O–H groups in total. The van der Waals surface area contributed by atoms with Gasteiger partial charge >= 0.3 is 0 Å². The fraction of sp³-hybridized carbons (Fsp3) is 0.409. The van der Waals surface area contributed by atoms with Gasteiger partial charge < -0.3 is 4.90 Å². The summed E-state index contributed by atoms with van der Waals surface area (Å²) < 4.78 is 23.9. The van der Waals surface area contributed by atoms with Gasteiger partial charge in [-0.05, 0) is 49.4 Å². The van der Waals surface area contributed by atoms with Crippen molar-refractivity contribution < 1.29 is 13.2 Å². The fourth-order valence-electron chi connectivity index (χ4n) is 3.78. The van der Waals surface area contributed by atoms with E-state index in [4.69, 9.17) is 0 Å². The Morgan fingerprint density at radius 2 is 1.74 bits per heavy atom. The van der Waals surface area contributed by atoms with Crippen LogP contribution in [0.25, 0.3) is 0 Å². The first-order valence-corrected chi connectivity index (χ1v) is 11.4. The number of carbonyl (C=O) groups excluding carboxylic acids is 1. The number of benzene rings is 2. The zero-order valence-corrected chi connectivity index (χ0v) is 16.8. The Morgan fingerprint density at radius 3 is 2.37 bits per heavy atom. The molecule has 1 saturated carbocycles. The summed E-state index contributed by atoms with van der Waals surface area (Å²) in [4.78, 5) is 15.6. The molecular formula is C22H27NO3S. The van der Waals surface area contributed by atoms with Crippen molar-refractivity contribution in [3.63, 3.8) is 0 Å². The quantitative estimate of drug-likeness (QED) is 0.754. The van der Waals surface area contributed by atoms with Crippen LogP contribution in [0.3, 0.4) is 0 Å². The predicted molar refractivity (Wildman–Crippen MR) is 108 cm³/mol. The van der Waals surface area contributed by atoms with E-state index in [0.717, 1.165) is 37.7 Å². The standard InChI is InChI=1S/C22H27NO3S/c1-17-12-13-20(27(2,25)26)16-21(17)22(24)23(19-10-6-7-11-19)15-14-18-8-4-3-5-9-18/h3-5,8-9,12-13,16,19H,6-7,10-11,14-15H2,1-2H3. The Kier molecular flexibility index (Phi) is 6.00. The molecular weight excluding hydrogens is 358 g/mol. The van der Waals surface area contributed by atoms with E-state index in [1.807, 2.05) is 30.0 Å². The fourth-order valence-corrected chi connectivity index (χ4v) is 4.42. The van der Waals surface area contributed by atoms with Crippen LogP contribution in [0.15, 0.2) is 53.4 Å². The first kappa shape index (κ1) is 19.6. The van der Waals surface area contributed by atoms with Gasteiger partial charge in [0.05, 0.1) is 4.90 Å². The third-order valence-electron chi connectivity index (χ3n) is 5.38. The van der Waals surface area contributed by atoms with Gasteiger partial charge in [0, 0.05) is 24.4 Å². The minimum Gasteiger partial charge on any atom is -0.335 e. The molecule has 0 unspecified atom stereocenters. The van der Waals surface area contributed by atoms with Crippen LogP contribution in [0.5, 0.6) is 0 Å². The summed E-state index contributed by atoms with van der Waals surface area (Å²) >= 11 is 0. The molecule has 0 spiro atoms. The van der Waals surface area contributed by atoms with Gasteiger partial charge in [-0.25, -0.2) is 8.42 Å². The Balaban J connectivity index is 1.88. The lowest BCUT2D eigenvalue weighted by molar-refractivity contribution is 0.0683. The maximum Gasteiger partial charge on any atom is 0.254 e. The third-order valence-corrected chi connectivity index (χ3v) is 6.49. The van der Waals surface area contributed by atoms with Crippen molar-refractivity contribution in [1.29, 1.82) is 0 Å². The summed E-state index contributed by atoms with van der Waals surface area (Å²) in [6.07, 6.45) is 6.30. The van der Waals surface area contributed by atoms with Crippen molar-refractivity contribution >= 4 is 15.7 Å². The molecule has 1 amide bonds. The summed E-state index contributed by atoms with van der Waals surface area (Å²) in [6, 6.07) is 15.2. The number of amides is 1. The minimum absolute atomic E-state index is 0.0548. The molecule has 0 saturated heterocycles. The van der Waals surface area contributed by atoms with E-state index in [-0.39, 0.29) is 16.8 Å². The van der Waals surface area contributed by atoms with Crippen LogP contribution in [0.2, 0.25) is 0 Å². The van der Waals surface area contributed by atoms with Crippen LogP contribution in [0, 0.1) is 6.92 Å². The molecule has 2 aromatic rings. The van der Waals surface area contributed by atoms with E-state index in [1.165, 1.54) is 17.9 Å². The normalized spacial score (nSPS) is 15.0. The number of sulfone groups is 1. The SMILES string of the molecule is Cc1ccc(S(C)(=O)=O)cc1C(=O)N(CCc1ccccc1)C1CCCC1. The Bertz CT molecular complexity index is 900. The van der Waals surface area contributed by atoms with E-state index < -0.39 is 9.84 Å². The molecule has 2 aromatic carbocycles. The highest BCUT2D eigenvalue weighted by molar-refractivity contribution is 7.90. The molecule has 0 radical (unpaired) electrons. The molecule has 1 aliphatic rings. The zero-order chi connectivity index (χ0) is 19.4. The highest BCUT2D eigenvalue weighted by Crippen LogP contribution is 2.27. The average molecular weight is 386 g/mol. The Morgan fingerprint density at radius 1 is 1.07 bits per heavy atom. The van der Waals surface area contributed by atoms with Gasteiger partial charge in [0.2, 0.25) is 0 Å². The minimum atomic E-state index is -3.35. The van der Waals surface area contributed by atoms with Gasteiger partial charge in [-0.1, -0.05) is 49.2 Å². The number of aryl methyl sites for hydroxylation is 1. The van der Waals surface area contributed by atoms with Crippen LogP contribution in [0.1, 0.15) is 47.2 Å². The highest BCUT2D eigenvalue weighted by atomic mass is 32.2. The van der Waals surface area contributed by atoms with Crippen molar-refractivity contribution in [3.05, 3.63) is 65.2 Å². The van der Waals surface area contributed by atoms with Crippen LogP contribution in [-0.4, -0.2) is 38.1 Å². The zero-order valence-electron chi connectivity index (χ0n) is 16.0. The molecule has 0 heterocycles. The van der Waals surface area contributed by atoms with Gasteiger partial charge in [-0.15, -0.1) is 0 Å². The van der Waals surface area contributed by atoms with Gasteiger partial charge in [-0.2, -0.15) is 0 Å². The summed E-state index contributed by atoms with van der Waals surface area (Å²) in [5, 5.41) is 0. The highest BCUT2D eigenvalue weighted by Gasteiger charge is 2.28. The Hall–Kier alpha value is -2.14. The van der Waals surface area contributed by atoms with Gasteiger partial charge in [0.25, 0.3) is 5.91 Å². The van der Waals surface area contributed by atoms with Gasteiger partial charge in [0.1, 0.15) is 0 Å². The molecule has 0 aliphatic heterocycles. The Labute approximate surface area is 162 Å². The molecule has 0 bridgehead atoms. The second kappa shape index (κ2) is 8.26. The molecule has 0 atom stereocenters. The van der Waals surface area contributed by atoms with Crippen molar-refractivity contribution in [1.82, 2.24) is 4.90 Å². The van der Waals surface area contributed by atoms with Crippen LogP contribution in [0.4, 0.5) is 0 Å². The molecule has 27 heavy (non-hydrogen) atoms. The van der Waals surface area contributed by atoms with E-state index in [9.17, 15) is 13.2 Å². The monoisotopic (exact) mass is 385 g/mol. The summed E-state index contributed by atoms with van der Waals surface area (Å²) in [7, 11) is -3.35. The van der Waals surface area contributed by atoms with Crippen molar-refractivity contribution in [2.75, 3.05) is 12.8 Å². The number of hydrogen-bond donors (Lipinski definition) is 0. The smallest absolute Gasteiger partial charge is 0.254 e. The molecule has 1 aliphatic carbocycles. The van der Waals surface area contributed by atoms with Crippen molar-refractivity contribution in [2.24, 2.45) is 0 Å². The van der Waals surface area contributed by atoms with E-state index in [0.29, 0.717) is 12.1 Å². The lowest BCUT2D eigenvalue weighted by atomic mass is 10.0. The van der Waals surface area contributed by atoms with Gasteiger partial charge in [0.15, 0.2) is 9.84 Å². The molecule has 4 nitrogen and oxygen atoms in total. The second-order valence-electron chi connectivity index (χ2n) is 7.42. The second-order valence-corrected chi connectivity index (χ2v) is 9.44. The molecule has 3 rings (SSSR count). The lowest BCUT2D eigenvalue weighted by Gasteiger charge is -2.30. The van der Waals surface area contributed by atoms with E-state index in [1.54, 1.807) is 12.1 Å². The van der Waals surface area contributed by atoms with Crippen molar-refractivity contribution in [3.8, 4) is 0 Å².